The van der Waals surface area contributed by atoms with Gasteiger partial charge in [0.15, 0.2) is 0 Å². The monoisotopic (exact) mass is 220 g/mol. The molecule has 1 fully saturated rings. The predicted molar refractivity (Wildman–Crippen MR) is 61.1 cm³/mol. The van der Waals surface area contributed by atoms with Gasteiger partial charge in [0.25, 0.3) is 5.56 Å². The maximum Gasteiger partial charge on any atom is 0.266 e. The molecule has 0 aliphatic carbocycles. The standard InChI is InChI=1S/C11H12N2OS/c12-7-9-1-2-10(13-11(9)14)8-3-5-15-6-4-8/h1-2,8H,3-6H2,(H,13,14). The minimum Gasteiger partial charge on any atom is -0.325 e. The lowest BCUT2D eigenvalue weighted by molar-refractivity contribution is 0.617. The number of pyridine rings is 1. The molecular weight excluding hydrogens is 208 g/mol. The second kappa shape index (κ2) is 4.54. The van der Waals surface area contributed by atoms with E-state index in [2.05, 4.69) is 4.98 Å². The van der Waals surface area contributed by atoms with E-state index in [9.17, 15) is 4.79 Å². The highest BCUT2D eigenvalue weighted by Gasteiger charge is 2.16. The van der Waals surface area contributed by atoms with Crippen LogP contribution in [0.2, 0.25) is 0 Å². The van der Waals surface area contributed by atoms with Crippen LogP contribution in [0.1, 0.15) is 30.0 Å². The van der Waals surface area contributed by atoms with Gasteiger partial charge in [0, 0.05) is 11.6 Å². The molecule has 15 heavy (non-hydrogen) atoms. The van der Waals surface area contributed by atoms with Crippen molar-refractivity contribution in [3.05, 3.63) is 33.7 Å². The van der Waals surface area contributed by atoms with E-state index in [0.29, 0.717) is 5.92 Å². The Balaban J connectivity index is 2.26. The van der Waals surface area contributed by atoms with Gasteiger partial charge in [-0.2, -0.15) is 17.0 Å². The van der Waals surface area contributed by atoms with Gasteiger partial charge in [0.1, 0.15) is 11.6 Å². The Hall–Kier alpha value is -1.21. The molecule has 0 saturated carbocycles. The first-order valence-electron chi connectivity index (χ1n) is 5.02. The van der Waals surface area contributed by atoms with Crippen LogP contribution in [0.15, 0.2) is 16.9 Å². The van der Waals surface area contributed by atoms with E-state index < -0.39 is 0 Å². The average molecular weight is 220 g/mol. The quantitative estimate of drug-likeness (QED) is 0.786. The maximum absolute atomic E-state index is 11.4. The van der Waals surface area contributed by atoms with Gasteiger partial charge in [-0.3, -0.25) is 4.79 Å². The molecule has 1 N–H and O–H groups in total. The number of nitrogens with zero attached hydrogens (tertiary/aromatic N) is 1. The van der Waals surface area contributed by atoms with E-state index in [4.69, 9.17) is 5.26 Å². The number of aromatic nitrogens is 1. The Labute approximate surface area is 92.5 Å². The molecule has 1 aliphatic rings. The molecule has 0 radical (unpaired) electrons. The third kappa shape index (κ3) is 2.24. The third-order valence-corrected chi connectivity index (χ3v) is 3.76. The average Bonchev–Trinajstić information content (AvgIpc) is 2.30. The summed E-state index contributed by atoms with van der Waals surface area (Å²) in [6.07, 6.45) is 2.24. The SMILES string of the molecule is N#Cc1ccc(C2CCSCC2)[nH]c1=O. The molecule has 1 saturated heterocycles. The molecule has 1 aromatic rings. The van der Waals surface area contributed by atoms with Crippen molar-refractivity contribution < 1.29 is 0 Å². The van der Waals surface area contributed by atoms with Gasteiger partial charge in [0.05, 0.1) is 0 Å². The molecule has 2 rings (SSSR count). The Morgan fingerprint density at radius 2 is 2.13 bits per heavy atom. The number of rotatable bonds is 1. The van der Waals surface area contributed by atoms with Crippen LogP contribution in [0.4, 0.5) is 0 Å². The zero-order chi connectivity index (χ0) is 10.7. The van der Waals surface area contributed by atoms with E-state index in [1.54, 1.807) is 6.07 Å². The molecule has 4 heteroatoms. The Morgan fingerprint density at radius 1 is 1.40 bits per heavy atom. The molecular formula is C11H12N2OS. The predicted octanol–water partition coefficient (Wildman–Crippen LogP) is 1.86. The summed E-state index contributed by atoms with van der Waals surface area (Å²) in [6.45, 7) is 0. The third-order valence-electron chi connectivity index (χ3n) is 2.71. The zero-order valence-electron chi connectivity index (χ0n) is 8.32. The van der Waals surface area contributed by atoms with Crippen LogP contribution < -0.4 is 5.56 Å². The fourth-order valence-electron chi connectivity index (χ4n) is 1.82. The summed E-state index contributed by atoms with van der Waals surface area (Å²) in [4.78, 5) is 14.2. The number of hydrogen-bond acceptors (Lipinski definition) is 3. The first kappa shape index (κ1) is 10.3. The van der Waals surface area contributed by atoms with Crippen LogP contribution >= 0.6 is 11.8 Å². The van der Waals surface area contributed by atoms with Crippen LogP contribution in [0, 0.1) is 11.3 Å². The molecule has 2 heterocycles. The molecule has 1 aromatic heterocycles. The van der Waals surface area contributed by atoms with Gasteiger partial charge in [-0.25, -0.2) is 0 Å². The number of nitriles is 1. The lowest BCUT2D eigenvalue weighted by atomic mass is 9.98. The first-order valence-corrected chi connectivity index (χ1v) is 6.18. The van der Waals surface area contributed by atoms with E-state index >= 15 is 0 Å². The van der Waals surface area contributed by atoms with Gasteiger partial charge in [-0.15, -0.1) is 0 Å². The zero-order valence-corrected chi connectivity index (χ0v) is 9.14. The van der Waals surface area contributed by atoms with Crippen LogP contribution in [-0.2, 0) is 0 Å². The minimum atomic E-state index is -0.256. The molecule has 3 nitrogen and oxygen atoms in total. The van der Waals surface area contributed by atoms with Gasteiger partial charge in [-0.1, -0.05) is 0 Å². The van der Waals surface area contributed by atoms with Crippen LogP contribution in [0.25, 0.3) is 0 Å². The number of aromatic amines is 1. The topological polar surface area (TPSA) is 56.6 Å². The number of H-pyrrole nitrogens is 1. The normalized spacial score (nSPS) is 17.3. The summed E-state index contributed by atoms with van der Waals surface area (Å²) in [7, 11) is 0. The second-order valence-electron chi connectivity index (χ2n) is 3.65. The van der Waals surface area contributed by atoms with Crippen molar-refractivity contribution in [2.24, 2.45) is 0 Å². The van der Waals surface area contributed by atoms with E-state index in [1.807, 2.05) is 23.9 Å². The molecule has 0 unspecified atom stereocenters. The minimum absolute atomic E-state index is 0.198. The van der Waals surface area contributed by atoms with Gasteiger partial charge >= 0.3 is 0 Å². The van der Waals surface area contributed by atoms with Gasteiger partial charge < -0.3 is 4.98 Å². The van der Waals surface area contributed by atoms with Crippen molar-refractivity contribution in [2.45, 2.75) is 18.8 Å². The number of hydrogen-bond donors (Lipinski definition) is 1. The Morgan fingerprint density at radius 3 is 2.73 bits per heavy atom. The first-order chi connectivity index (χ1) is 7.31. The lowest BCUT2D eigenvalue weighted by Gasteiger charge is -2.21. The smallest absolute Gasteiger partial charge is 0.266 e. The fraction of sp³-hybridized carbons (Fsp3) is 0.455. The van der Waals surface area contributed by atoms with Crippen LogP contribution in [0.5, 0.6) is 0 Å². The summed E-state index contributed by atoms with van der Waals surface area (Å²) in [5.41, 5.74) is 0.927. The molecule has 0 aromatic carbocycles. The van der Waals surface area contributed by atoms with Crippen molar-refractivity contribution in [2.75, 3.05) is 11.5 Å². The van der Waals surface area contributed by atoms with E-state index in [0.717, 1.165) is 30.0 Å². The summed E-state index contributed by atoms with van der Waals surface area (Å²) in [5.74, 6) is 2.78. The second-order valence-corrected chi connectivity index (χ2v) is 4.88. The molecule has 0 bridgehead atoms. The maximum atomic E-state index is 11.4. The highest BCUT2D eigenvalue weighted by atomic mass is 32.2. The summed E-state index contributed by atoms with van der Waals surface area (Å²) < 4.78 is 0. The van der Waals surface area contributed by atoms with Crippen molar-refractivity contribution in [3.63, 3.8) is 0 Å². The molecule has 0 atom stereocenters. The molecule has 78 valence electrons. The molecule has 0 spiro atoms. The highest BCUT2D eigenvalue weighted by Crippen LogP contribution is 2.29. The van der Waals surface area contributed by atoms with Crippen LogP contribution in [0.3, 0.4) is 0 Å². The van der Waals surface area contributed by atoms with Gasteiger partial charge in [0.2, 0.25) is 0 Å². The number of thioether (sulfide) groups is 1. The fourth-order valence-corrected chi connectivity index (χ4v) is 2.93. The Kier molecular flexibility index (Phi) is 3.12. The Bertz CT molecular complexity index is 441. The molecule has 0 amide bonds. The van der Waals surface area contributed by atoms with Crippen molar-refractivity contribution in [3.8, 4) is 6.07 Å². The van der Waals surface area contributed by atoms with E-state index in [-0.39, 0.29) is 11.1 Å². The van der Waals surface area contributed by atoms with Crippen molar-refractivity contribution in [1.82, 2.24) is 4.98 Å². The number of nitrogens with one attached hydrogen (secondary N) is 1. The van der Waals surface area contributed by atoms with E-state index in [1.165, 1.54) is 0 Å². The van der Waals surface area contributed by atoms with Crippen molar-refractivity contribution in [1.29, 1.82) is 5.26 Å². The van der Waals surface area contributed by atoms with Crippen LogP contribution in [-0.4, -0.2) is 16.5 Å². The summed E-state index contributed by atoms with van der Waals surface area (Å²) in [5, 5.41) is 8.65. The summed E-state index contributed by atoms with van der Waals surface area (Å²) >= 11 is 1.96. The van der Waals surface area contributed by atoms with Gasteiger partial charge in [-0.05, 0) is 36.5 Å². The summed E-state index contributed by atoms with van der Waals surface area (Å²) in [6, 6.07) is 5.37. The largest absolute Gasteiger partial charge is 0.325 e. The molecule has 1 aliphatic heterocycles. The highest BCUT2D eigenvalue weighted by molar-refractivity contribution is 7.99. The van der Waals surface area contributed by atoms with Crippen molar-refractivity contribution >= 4 is 11.8 Å². The lowest BCUT2D eigenvalue weighted by Crippen LogP contribution is -2.16.